The molecule has 140 valence electrons. The zero-order valence-electron chi connectivity index (χ0n) is 15.4. The van der Waals surface area contributed by atoms with Crippen LogP contribution in [0.1, 0.15) is 32.0 Å². The van der Waals surface area contributed by atoms with Gasteiger partial charge in [0, 0.05) is 24.9 Å². The monoisotopic (exact) mass is 358 g/mol. The number of rotatable bonds is 7. The second-order valence-corrected chi connectivity index (χ2v) is 7.01. The number of benzene rings is 1. The molecular weight excluding hydrogens is 332 g/mol. The molecule has 0 spiro atoms. The smallest absolute Gasteiger partial charge is 0.408 e. The third-order valence-corrected chi connectivity index (χ3v) is 3.54. The molecule has 0 fully saturated rings. The summed E-state index contributed by atoms with van der Waals surface area (Å²) in [5, 5.41) is 5.51. The van der Waals surface area contributed by atoms with Crippen molar-refractivity contribution in [1.82, 2.24) is 20.6 Å². The van der Waals surface area contributed by atoms with E-state index < -0.39 is 17.7 Å². The zero-order valence-corrected chi connectivity index (χ0v) is 15.4. The van der Waals surface area contributed by atoms with Crippen molar-refractivity contribution in [2.45, 2.75) is 45.3 Å². The molecule has 2 aromatic rings. The van der Waals surface area contributed by atoms with Crippen molar-refractivity contribution >= 4 is 12.0 Å². The molecule has 0 saturated carbocycles. The zero-order chi connectivity index (χ0) is 19.0. The van der Waals surface area contributed by atoms with E-state index in [9.17, 15) is 9.59 Å². The van der Waals surface area contributed by atoms with Gasteiger partial charge in [-0.25, -0.2) is 9.78 Å². The Labute approximate surface area is 153 Å². The minimum absolute atomic E-state index is 0.263. The number of aromatic nitrogens is 2. The van der Waals surface area contributed by atoms with Gasteiger partial charge in [-0.2, -0.15) is 0 Å². The first kappa shape index (κ1) is 19.5. The summed E-state index contributed by atoms with van der Waals surface area (Å²) in [6.07, 6.45) is 3.56. The summed E-state index contributed by atoms with van der Waals surface area (Å²) in [5.41, 5.74) is 1.26. The van der Waals surface area contributed by atoms with Crippen LogP contribution in [0.2, 0.25) is 0 Å². The Kier molecular flexibility index (Phi) is 6.77. The standard InChI is InChI=1S/C19H26N4O3/c1-19(2,3)26-18(25)23-16(11-15-12-20-13-22-15)17(24)21-10-9-14-7-5-4-6-8-14/h4-8,12-13,16H,9-11H2,1-3H3,(H,20,22)(H,21,24)(H,23,25)/t16-/m0/s1. The molecule has 0 aliphatic rings. The highest BCUT2D eigenvalue weighted by Crippen LogP contribution is 2.08. The summed E-state index contributed by atoms with van der Waals surface area (Å²) < 4.78 is 5.26. The van der Waals surface area contributed by atoms with Crippen LogP contribution in [-0.4, -0.2) is 40.2 Å². The summed E-state index contributed by atoms with van der Waals surface area (Å²) >= 11 is 0. The Morgan fingerprint density at radius 3 is 2.58 bits per heavy atom. The van der Waals surface area contributed by atoms with Gasteiger partial charge in [-0.15, -0.1) is 0 Å². The molecule has 3 N–H and O–H groups in total. The summed E-state index contributed by atoms with van der Waals surface area (Å²) in [5.74, 6) is -0.263. The summed E-state index contributed by atoms with van der Waals surface area (Å²) in [6, 6.07) is 9.14. The number of aromatic amines is 1. The molecule has 0 radical (unpaired) electrons. The minimum Gasteiger partial charge on any atom is -0.444 e. The number of nitrogens with zero attached hydrogens (tertiary/aromatic N) is 1. The quantitative estimate of drug-likeness (QED) is 0.707. The fourth-order valence-corrected chi connectivity index (χ4v) is 2.37. The lowest BCUT2D eigenvalue weighted by Gasteiger charge is -2.23. The molecule has 26 heavy (non-hydrogen) atoms. The van der Waals surface area contributed by atoms with Gasteiger partial charge in [-0.05, 0) is 32.8 Å². The molecule has 1 aromatic heterocycles. The Hall–Kier alpha value is -2.83. The number of carbonyl (C=O) groups excluding carboxylic acids is 2. The molecule has 1 aromatic carbocycles. The van der Waals surface area contributed by atoms with Gasteiger partial charge in [-0.1, -0.05) is 30.3 Å². The average molecular weight is 358 g/mol. The molecular formula is C19H26N4O3. The number of amides is 2. The van der Waals surface area contributed by atoms with Crippen LogP contribution in [0.4, 0.5) is 4.79 Å². The molecule has 0 unspecified atom stereocenters. The van der Waals surface area contributed by atoms with E-state index in [1.807, 2.05) is 30.3 Å². The van der Waals surface area contributed by atoms with Crippen molar-refractivity contribution in [3.63, 3.8) is 0 Å². The molecule has 0 bridgehead atoms. The number of alkyl carbamates (subject to hydrolysis) is 1. The second-order valence-electron chi connectivity index (χ2n) is 7.01. The van der Waals surface area contributed by atoms with Crippen molar-refractivity contribution in [2.24, 2.45) is 0 Å². The minimum atomic E-state index is -0.749. The van der Waals surface area contributed by atoms with Crippen LogP contribution in [0.3, 0.4) is 0 Å². The van der Waals surface area contributed by atoms with Gasteiger partial charge in [0.2, 0.25) is 5.91 Å². The fourth-order valence-electron chi connectivity index (χ4n) is 2.37. The van der Waals surface area contributed by atoms with Gasteiger partial charge in [0.25, 0.3) is 0 Å². The first-order chi connectivity index (χ1) is 12.3. The Morgan fingerprint density at radius 1 is 1.23 bits per heavy atom. The number of ether oxygens (including phenoxy) is 1. The van der Waals surface area contributed by atoms with Crippen LogP contribution in [0.5, 0.6) is 0 Å². The van der Waals surface area contributed by atoms with Crippen molar-refractivity contribution in [1.29, 1.82) is 0 Å². The molecule has 2 rings (SSSR count). The van der Waals surface area contributed by atoms with Crippen LogP contribution in [0.25, 0.3) is 0 Å². The van der Waals surface area contributed by atoms with Crippen LogP contribution in [0, 0.1) is 0 Å². The van der Waals surface area contributed by atoms with E-state index in [0.29, 0.717) is 13.0 Å². The van der Waals surface area contributed by atoms with Crippen LogP contribution < -0.4 is 10.6 Å². The van der Waals surface area contributed by atoms with Crippen molar-refractivity contribution < 1.29 is 14.3 Å². The third-order valence-electron chi connectivity index (χ3n) is 3.54. The van der Waals surface area contributed by atoms with Crippen LogP contribution >= 0.6 is 0 Å². The highest BCUT2D eigenvalue weighted by atomic mass is 16.6. The van der Waals surface area contributed by atoms with Crippen molar-refractivity contribution in [3.05, 3.63) is 54.1 Å². The maximum Gasteiger partial charge on any atom is 0.408 e. The fraction of sp³-hybridized carbons (Fsp3) is 0.421. The van der Waals surface area contributed by atoms with Crippen LogP contribution in [0.15, 0.2) is 42.9 Å². The number of nitrogens with one attached hydrogen (secondary N) is 3. The Balaban J connectivity index is 1.93. The molecule has 1 heterocycles. The van der Waals surface area contributed by atoms with E-state index >= 15 is 0 Å². The van der Waals surface area contributed by atoms with Gasteiger partial charge in [0.1, 0.15) is 11.6 Å². The topological polar surface area (TPSA) is 96.1 Å². The molecule has 7 heteroatoms. The molecule has 7 nitrogen and oxygen atoms in total. The lowest BCUT2D eigenvalue weighted by molar-refractivity contribution is -0.123. The summed E-state index contributed by atoms with van der Waals surface area (Å²) in [6.45, 7) is 5.81. The largest absolute Gasteiger partial charge is 0.444 e. The molecule has 0 aliphatic heterocycles. The highest BCUT2D eigenvalue weighted by molar-refractivity contribution is 5.85. The first-order valence-corrected chi connectivity index (χ1v) is 8.62. The lowest BCUT2D eigenvalue weighted by atomic mass is 10.1. The van der Waals surface area contributed by atoms with Gasteiger partial charge < -0.3 is 20.4 Å². The van der Waals surface area contributed by atoms with Crippen molar-refractivity contribution in [2.75, 3.05) is 6.54 Å². The number of imidazole rings is 1. The Morgan fingerprint density at radius 2 is 1.96 bits per heavy atom. The lowest BCUT2D eigenvalue weighted by Crippen LogP contribution is -2.49. The van der Waals surface area contributed by atoms with E-state index in [1.54, 1.807) is 27.0 Å². The number of carbonyl (C=O) groups is 2. The van der Waals surface area contributed by atoms with E-state index in [1.165, 1.54) is 6.33 Å². The second kappa shape index (κ2) is 9.03. The van der Waals surface area contributed by atoms with E-state index in [2.05, 4.69) is 20.6 Å². The summed E-state index contributed by atoms with van der Waals surface area (Å²) in [7, 11) is 0. The van der Waals surface area contributed by atoms with Gasteiger partial charge in [-0.3, -0.25) is 4.79 Å². The Bertz CT molecular complexity index is 693. The van der Waals surface area contributed by atoms with Gasteiger partial charge in [0.15, 0.2) is 0 Å². The van der Waals surface area contributed by atoms with Crippen LogP contribution in [-0.2, 0) is 22.4 Å². The van der Waals surface area contributed by atoms with Crippen molar-refractivity contribution in [3.8, 4) is 0 Å². The molecule has 2 amide bonds. The average Bonchev–Trinajstić information content (AvgIpc) is 3.06. The van der Waals surface area contributed by atoms with E-state index in [-0.39, 0.29) is 5.91 Å². The van der Waals surface area contributed by atoms with E-state index in [4.69, 9.17) is 4.74 Å². The number of H-pyrrole nitrogens is 1. The molecule has 1 atom stereocenters. The van der Waals surface area contributed by atoms with E-state index in [0.717, 1.165) is 17.7 Å². The normalized spacial score (nSPS) is 12.3. The predicted molar refractivity (Wildman–Crippen MR) is 98.6 cm³/mol. The molecule has 0 aliphatic carbocycles. The SMILES string of the molecule is CC(C)(C)OC(=O)N[C@@H](Cc1cnc[nH]1)C(=O)NCCc1ccccc1. The first-order valence-electron chi connectivity index (χ1n) is 8.62. The summed E-state index contributed by atoms with van der Waals surface area (Å²) in [4.78, 5) is 31.5. The predicted octanol–water partition coefficient (Wildman–Crippen LogP) is 2.20. The van der Waals surface area contributed by atoms with Gasteiger partial charge in [0.05, 0.1) is 6.33 Å². The number of hydrogen-bond acceptors (Lipinski definition) is 4. The highest BCUT2D eigenvalue weighted by Gasteiger charge is 2.24. The molecule has 0 saturated heterocycles. The maximum absolute atomic E-state index is 12.5. The third kappa shape index (κ3) is 6.96. The maximum atomic E-state index is 12.5. The number of hydrogen-bond donors (Lipinski definition) is 3. The van der Waals surface area contributed by atoms with Gasteiger partial charge >= 0.3 is 6.09 Å².